The van der Waals surface area contributed by atoms with Crippen LogP contribution in [0.3, 0.4) is 0 Å². The average molecular weight is 287 g/mol. The number of nitrogens with two attached hydrogens (primary N) is 1. The molecule has 0 aliphatic carbocycles. The molecule has 0 bridgehead atoms. The normalized spacial score (nSPS) is 10.6. The van der Waals surface area contributed by atoms with Crippen LogP contribution >= 0.6 is 11.3 Å². The van der Waals surface area contributed by atoms with Crippen LogP contribution in [0.4, 0.5) is 10.8 Å². The number of nitrogen functional groups attached to an aromatic ring is 1. The van der Waals surface area contributed by atoms with E-state index in [1.54, 1.807) is 18.5 Å². The van der Waals surface area contributed by atoms with Crippen molar-refractivity contribution in [2.45, 2.75) is 0 Å². The van der Waals surface area contributed by atoms with Crippen molar-refractivity contribution in [3.8, 4) is 21.7 Å². The minimum Gasteiger partial charge on any atom is -0.382 e. The molecule has 0 atom stereocenters. The number of aromatic amines is 1. The third kappa shape index (κ3) is 2.01. The van der Waals surface area contributed by atoms with E-state index in [9.17, 15) is 10.1 Å². The number of hydrogen-bond acceptors (Lipinski definition) is 6. The molecule has 100 valence electrons. The van der Waals surface area contributed by atoms with E-state index >= 15 is 0 Å². The third-order valence-corrected chi connectivity index (χ3v) is 3.84. The van der Waals surface area contributed by atoms with Crippen LogP contribution in [0.2, 0.25) is 0 Å². The highest BCUT2D eigenvalue weighted by atomic mass is 32.1. The lowest BCUT2D eigenvalue weighted by molar-refractivity contribution is -0.380. The fourth-order valence-electron chi connectivity index (χ4n) is 1.91. The third-order valence-electron chi connectivity index (χ3n) is 2.78. The predicted molar refractivity (Wildman–Crippen MR) is 76.2 cm³/mol. The van der Waals surface area contributed by atoms with Gasteiger partial charge in [-0.15, -0.1) is 0 Å². The summed E-state index contributed by atoms with van der Waals surface area (Å²) in [6.45, 7) is 0. The number of anilines is 1. The van der Waals surface area contributed by atoms with Gasteiger partial charge < -0.3 is 5.73 Å². The molecule has 0 unspecified atom stereocenters. The molecule has 0 fully saturated rings. The molecule has 3 aromatic rings. The predicted octanol–water partition coefficient (Wildman–Crippen LogP) is 2.69. The Morgan fingerprint density at radius 2 is 2.00 bits per heavy atom. The van der Waals surface area contributed by atoms with E-state index in [2.05, 4.69) is 15.2 Å². The van der Waals surface area contributed by atoms with Crippen LogP contribution in [-0.4, -0.2) is 20.1 Å². The van der Waals surface area contributed by atoms with Crippen molar-refractivity contribution in [1.29, 1.82) is 0 Å². The van der Waals surface area contributed by atoms with Crippen LogP contribution < -0.4 is 5.73 Å². The lowest BCUT2D eigenvalue weighted by Gasteiger charge is -2.01. The first-order valence-corrected chi connectivity index (χ1v) is 6.47. The maximum Gasteiger partial charge on any atom is 0.324 e. The molecule has 3 aromatic heterocycles. The maximum absolute atomic E-state index is 10.8. The van der Waals surface area contributed by atoms with Gasteiger partial charge in [0.1, 0.15) is 0 Å². The van der Waals surface area contributed by atoms with Crippen molar-refractivity contribution in [1.82, 2.24) is 15.2 Å². The molecule has 8 heteroatoms. The zero-order chi connectivity index (χ0) is 14.1. The summed E-state index contributed by atoms with van der Waals surface area (Å²) in [5.74, 6) is 0.349. The minimum absolute atomic E-state index is 0.0776. The number of aromatic nitrogens is 3. The van der Waals surface area contributed by atoms with Crippen molar-refractivity contribution in [2.24, 2.45) is 0 Å². The molecule has 3 heterocycles. The number of nitro groups is 1. The molecule has 20 heavy (non-hydrogen) atoms. The SMILES string of the molecule is Nc1n[nH]c(-c2ccc([N+](=O)[O-])s2)c1-c1ccncc1. The molecule has 0 saturated heterocycles. The number of rotatable bonds is 3. The van der Waals surface area contributed by atoms with Crippen LogP contribution in [0.1, 0.15) is 0 Å². The largest absolute Gasteiger partial charge is 0.382 e. The highest BCUT2D eigenvalue weighted by molar-refractivity contribution is 7.18. The van der Waals surface area contributed by atoms with E-state index in [1.165, 1.54) is 6.07 Å². The van der Waals surface area contributed by atoms with Gasteiger partial charge in [0.2, 0.25) is 0 Å². The first-order chi connectivity index (χ1) is 9.66. The van der Waals surface area contributed by atoms with Gasteiger partial charge in [0, 0.05) is 18.5 Å². The lowest BCUT2D eigenvalue weighted by atomic mass is 10.1. The van der Waals surface area contributed by atoms with Gasteiger partial charge in [-0.05, 0) is 23.8 Å². The highest BCUT2D eigenvalue weighted by Gasteiger charge is 2.18. The van der Waals surface area contributed by atoms with E-state index in [1.807, 2.05) is 12.1 Å². The van der Waals surface area contributed by atoms with Gasteiger partial charge in [0.25, 0.3) is 0 Å². The number of nitrogens with one attached hydrogen (secondary N) is 1. The Kier molecular flexibility index (Phi) is 2.92. The molecule has 0 radical (unpaired) electrons. The molecule has 3 rings (SSSR count). The molecule has 7 nitrogen and oxygen atoms in total. The van der Waals surface area contributed by atoms with Crippen molar-refractivity contribution in [3.63, 3.8) is 0 Å². The molecular formula is C12H9N5O2S. The average Bonchev–Trinajstić information content (AvgIpc) is 3.06. The van der Waals surface area contributed by atoms with E-state index in [0.717, 1.165) is 22.5 Å². The van der Waals surface area contributed by atoms with Crippen LogP contribution in [0.25, 0.3) is 21.7 Å². The Morgan fingerprint density at radius 1 is 1.25 bits per heavy atom. The Morgan fingerprint density at radius 3 is 2.65 bits per heavy atom. The Hall–Kier alpha value is -2.74. The fraction of sp³-hybridized carbons (Fsp3) is 0. The van der Waals surface area contributed by atoms with Gasteiger partial charge in [0.15, 0.2) is 5.82 Å². The summed E-state index contributed by atoms with van der Waals surface area (Å²) >= 11 is 1.07. The lowest BCUT2D eigenvalue weighted by Crippen LogP contribution is -1.88. The van der Waals surface area contributed by atoms with Gasteiger partial charge in [-0.1, -0.05) is 11.3 Å². The quantitative estimate of drug-likeness (QED) is 0.568. The zero-order valence-electron chi connectivity index (χ0n) is 10.1. The molecule has 0 aliphatic rings. The second-order valence-corrected chi connectivity index (χ2v) is 5.05. The van der Waals surface area contributed by atoms with Crippen molar-refractivity contribution < 1.29 is 4.92 Å². The molecule has 0 spiro atoms. The summed E-state index contributed by atoms with van der Waals surface area (Å²) < 4.78 is 0. The van der Waals surface area contributed by atoms with Gasteiger partial charge in [-0.25, -0.2) is 0 Å². The standard InChI is InChI=1S/C12H9N5O2S/c13-12-10(7-3-5-14-6-4-7)11(15-16-12)8-1-2-9(20-8)17(18)19/h1-6H,(H3,13,15,16). The number of nitrogens with zero attached hydrogens (tertiary/aromatic N) is 3. The number of thiophene rings is 1. The topological polar surface area (TPSA) is 111 Å². The first-order valence-electron chi connectivity index (χ1n) is 5.65. The van der Waals surface area contributed by atoms with Crippen LogP contribution in [0, 0.1) is 10.1 Å². The number of hydrogen-bond donors (Lipinski definition) is 2. The Balaban J connectivity index is 2.13. The van der Waals surface area contributed by atoms with Crippen LogP contribution in [0.5, 0.6) is 0 Å². The molecule has 3 N–H and O–H groups in total. The van der Waals surface area contributed by atoms with E-state index in [-0.39, 0.29) is 5.00 Å². The van der Waals surface area contributed by atoms with Gasteiger partial charge >= 0.3 is 5.00 Å². The highest BCUT2D eigenvalue weighted by Crippen LogP contribution is 2.39. The second-order valence-electron chi connectivity index (χ2n) is 3.99. The first kappa shape index (κ1) is 12.3. The smallest absolute Gasteiger partial charge is 0.324 e. The maximum atomic E-state index is 10.8. The monoisotopic (exact) mass is 287 g/mol. The van der Waals surface area contributed by atoms with Crippen molar-refractivity contribution in [3.05, 3.63) is 46.8 Å². The number of H-pyrrole nitrogens is 1. The van der Waals surface area contributed by atoms with Gasteiger partial charge in [-0.2, -0.15) is 5.10 Å². The Bertz CT molecular complexity index is 765. The van der Waals surface area contributed by atoms with Gasteiger partial charge in [-0.3, -0.25) is 20.2 Å². The zero-order valence-corrected chi connectivity index (χ0v) is 10.9. The van der Waals surface area contributed by atoms with Crippen molar-refractivity contribution >= 4 is 22.2 Å². The minimum atomic E-state index is -0.417. The van der Waals surface area contributed by atoms with E-state index < -0.39 is 4.92 Å². The Labute approximate surface area is 117 Å². The van der Waals surface area contributed by atoms with E-state index in [4.69, 9.17) is 5.73 Å². The van der Waals surface area contributed by atoms with Crippen molar-refractivity contribution in [2.75, 3.05) is 5.73 Å². The second kappa shape index (κ2) is 4.74. The molecule has 0 aromatic carbocycles. The summed E-state index contributed by atoms with van der Waals surface area (Å²) in [4.78, 5) is 15.0. The van der Waals surface area contributed by atoms with Crippen LogP contribution in [0.15, 0.2) is 36.7 Å². The number of pyridine rings is 1. The molecule has 0 amide bonds. The summed E-state index contributed by atoms with van der Waals surface area (Å²) in [5.41, 5.74) is 8.14. The molecular weight excluding hydrogens is 278 g/mol. The van der Waals surface area contributed by atoms with Gasteiger partial charge in [0.05, 0.1) is 21.1 Å². The molecule has 0 aliphatic heterocycles. The summed E-state index contributed by atoms with van der Waals surface area (Å²) in [6.07, 6.45) is 3.31. The fourth-order valence-corrected chi connectivity index (χ4v) is 2.73. The summed E-state index contributed by atoms with van der Waals surface area (Å²) in [5, 5.41) is 17.7. The summed E-state index contributed by atoms with van der Waals surface area (Å²) in [7, 11) is 0. The molecule has 0 saturated carbocycles. The van der Waals surface area contributed by atoms with E-state index in [0.29, 0.717) is 16.4 Å². The van der Waals surface area contributed by atoms with Crippen LogP contribution in [-0.2, 0) is 0 Å². The summed E-state index contributed by atoms with van der Waals surface area (Å²) in [6, 6.07) is 6.77.